The molecule has 0 aliphatic heterocycles. The van der Waals surface area contributed by atoms with Crippen molar-refractivity contribution >= 4 is 17.7 Å². The first-order valence-corrected chi connectivity index (χ1v) is 6.86. The van der Waals surface area contributed by atoms with E-state index in [1.807, 2.05) is 11.8 Å². The van der Waals surface area contributed by atoms with Crippen molar-refractivity contribution < 1.29 is 9.90 Å². The molecule has 0 aromatic carbocycles. The Kier molecular flexibility index (Phi) is 7.07. The Morgan fingerprint density at radius 3 is 2.53 bits per heavy atom. The molecule has 0 aromatic heterocycles. The largest absolute Gasteiger partial charge is 0.481 e. The molecule has 1 unspecified atom stereocenters. The molecule has 1 N–H and O–H groups in total. The molecule has 15 heavy (non-hydrogen) atoms. The Balaban J connectivity index is 3.51. The third kappa shape index (κ3) is 6.82. The van der Waals surface area contributed by atoms with Gasteiger partial charge in [-0.05, 0) is 44.1 Å². The summed E-state index contributed by atoms with van der Waals surface area (Å²) in [5, 5.41) is 8.92. The van der Waals surface area contributed by atoms with Crippen molar-refractivity contribution in [2.24, 2.45) is 11.3 Å². The van der Waals surface area contributed by atoms with Crippen molar-refractivity contribution in [2.45, 2.75) is 47.0 Å². The van der Waals surface area contributed by atoms with Crippen LogP contribution in [0.2, 0.25) is 0 Å². The summed E-state index contributed by atoms with van der Waals surface area (Å²) in [6.45, 7) is 8.07. The fourth-order valence-electron chi connectivity index (χ4n) is 1.13. The van der Waals surface area contributed by atoms with Gasteiger partial charge < -0.3 is 5.11 Å². The van der Waals surface area contributed by atoms with Crippen molar-refractivity contribution in [3.63, 3.8) is 0 Å². The van der Waals surface area contributed by atoms with Crippen LogP contribution in [0.25, 0.3) is 0 Å². The first kappa shape index (κ1) is 14.8. The Morgan fingerprint density at radius 2 is 2.07 bits per heavy atom. The highest BCUT2D eigenvalue weighted by atomic mass is 32.2. The molecule has 0 radical (unpaired) electrons. The summed E-state index contributed by atoms with van der Waals surface area (Å²) in [5.74, 6) is 2.38. The van der Waals surface area contributed by atoms with Crippen molar-refractivity contribution in [3.8, 4) is 0 Å². The first-order valence-electron chi connectivity index (χ1n) is 5.71. The van der Waals surface area contributed by atoms with Crippen LogP contribution < -0.4 is 0 Å². The van der Waals surface area contributed by atoms with Crippen LogP contribution in [0.15, 0.2) is 0 Å². The van der Waals surface area contributed by atoms with Gasteiger partial charge in [-0.3, -0.25) is 4.79 Å². The van der Waals surface area contributed by atoms with Crippen LogP contribution in [0.3, 0.4) is 0 Å². The topological polar surface area (TPSA) is 37.3 Å². The Hall–Kier alpha value is -0.180. The van der Waals surface area contributed by atoms with Gasteiger partial charge in [-0.25, -0.2) is 0 Å². The zero-order chi connectivity index (χ0) is 11.9. The lowest BCUT2D eigenvalue weighted by Crippen LogP contribution is -2.23. The molecular formula is C12H24O2S. The van der Waals surface area contributed by atoms with Gasteiger partial charge in [0, 0.05) is 0 Å². The van der Waals surface area contributed by atoms with Gasteiger partial charge in [0.2, 0.25) is 0 Å². The molecule has 0 heterocycles. The number of aliphatic carboxylic acids is 1. The molecule has 90 valence electrons. The smallest absolute Gasteiger partial charge is 0.309 e. The normalized spacial score (nSPS) is 13.9. The fraction of sp³-hybridized carbons (Fsp3) is 0.917. The molecule has 0 saturated heterocycles. The summed E-state index contributed by atoms with van der Waals surface area (Å²) in [4.78, 5) is 10.8. The van der Waals surface area contributed by atoms with Crippen molar-refractivity contribution in [1.82, 2.24) is 0 Å². The highest BCUT2D eigenvalue weighted by Crippen LogP contribution is 2.24. The van der Waals surface area contributed by atoms with E-state index in [0.29, 0.717) is 0 Å². The van der Waals surface area contributed by atoms with Gasteiger partial charge in [0.15, 0.2) is 0 Å². The number of carboxylic acid groups (broad SMARTS) is 1. The number of carbonyl (C=O) groups is 1. The molecule has 0 bridgehead atoms. The molecule has 0 aliphatic rings. The summed E-state index contributed by atoms with van der Waals surface area (Å²) in [5.41, 5.74) is -0.559. The van der Waals surface area contributed by atoms with Crippen molar-refractivity contribution in [3.05, 3.63) is 0 Å². The monoisotopic (exact) mass is 232 g/mol. The highest BCUT2D eigenvalue weighted by Gasteiger charge is 2.25. The van der Waals surface area contributed by atoms with E-state index in [0.717, 1.165) is 24.5 Å². The Labute approximate surface area is 97.8 Å². The summed E-state index contributed by atoms with van der Waals surface area (Å²) < 4.78 is 0. The van der Waals surface area contributed by atoms with Crippen LogP contribution in [0, 0.1) is 11.3 Å². The summed E-state index contributed by atoms with van der Waals surface area (Å²) in [6.07, 6.45) is 3.00. The number of thioether (sulfide) groups is 1. The van der Waals surface area contributed by atoms with E-state index in [-0.39, 0.29) is 0 Å². The lowest BCUT2D eigenvalue weighted by molar-refractivity contribution is -0.147. The van der Waals surface area contributed by atoms with Crippen LogP contribution in [-0.4, -0.2) is 22.6 Å². The molecule has 3 heteroatoms. The Morgan fingerprint density at radius 1 is 1.47 bits per heavy atom. The van der Waals surface area contributed by atoms with Crippen molar-refractivity contribution in [1.29, 1.82) is 0 Å². The van der Waals surface area contributed by atoms with E-state index < -0.39 is 11.4 Å². The Bertz CT molecular complexity index is 190. The van der Waals surface area contributed by atoms with E-state index in [1.165, 1.54) is 12.2 Å². The molecule has 0 aliphatic carbocycles. The second kappa shape index (κ2) is 7.15. The van der Waals surface area contributed by atoms with Gasteiger partial charge in [-0.15, -0.1) is 0 Å². The molecule has 0 saturated carbocycles. The number of hydrogen-bond donors (Lipinski definition) is 1. The van der Waals surface area contributed by atoms with Crippen LogP contribution in [0.4, 0.5) is 0 Å². The van der Waals surface area contributed by atoms with Crippen molar-refractivity contribution in [2.75, 3.05) is 11.5 Å². The van der Waals surface area contributed by atoms with Crippen LogP contribution in [0.5, 0.6) is 0 Å². The summed E-state index contributed by atoms with van der Waals surface area (Å²) in [6, 6.07) is 0. The van der Waals surface area contributed by atoms with Crippen LogP contribution >= 0.6 is 11.8 Å². The average molecular weight is 232 g/mol. The van der Waals surface area contributed by atoms with E-state index in [4.69, 9.17) is 5.11 Å². The molecule has 0 amide bonds. The van der Waals surface area contributed by atoms with Gasteiger partial charge in [-0.2, -0.15) is 11.8 Å². The molecular weight excluding hydrogens is 208 g/mol. The number of rotatable bonds is 8. The van der Waals surface area contributed by atoms with Gasteiger partial charge in [0.1, 0.15) is 0 Å². The van der Waals surface area contributed by atoms with Crippen LogP contribution in [-0.2, 0) is 4.79 Å². The van der Waals surface area contributed by atoms with E-state index in [2.05, 4.69) is 13.8 Å². The van der Waals surface area contributed by atoms with Gasteiger partial charge in [0.05, 0.1) is 5.41 Å². The maximum absolute atomic E-state index is 10.8. The van der Waals surface area contributed by atoms with Crippen LogP contribution in [0.1, 0.15) is 47.0 Å². The SMILES string of the molecule is CCC(C)CSCCCC(C)(C)C(=O)O. The molecule has 0 aromatic rings. The molecule has 0 spiro atoms. The molecule has 2 nitrogen and oxygen atoms in total. The van der Waals surface area contributed by atoms with E-state index in [9.17, 15) is 4.79 Å². The summed E-state index contributed by atoms with van der Waals surface area (Å²) >= 11 is 1.95. The summed E-state index contributed by atoms with van der Waals surface area (Å²) in [7, 11) is 0. The second-order valence-corrected chi connectivity index (χ2v) is 6.03. The predicted molar refractivity (Wildman–Crippen MR) is 67.4 cm³/mol. The van der Waals surface area contributed by atoms with Gasteiger partial charge in [-0.1, -0.05) is 20.3 Å². The lowest BCUT2D eigenvalue weighted by atomic mass is 9.88. The third-order valence-corrected chi connectivity index (χ3v) is 4.15. The quantitative estimate of drug-likeness (QED) is 0.649. The lowest BCUT2D eigenvalue weighted by Gasteiger charge is -2.18. The zero-order valence-corrected chi connectivity index (χ0v) is 11.2. The van der Waals surface area contributed by atoms with Gasteiger partial charge >= 0.3 is 5.97 Å². The fourth-order valence-corrected chi connectivity index (χ4v) is 2.28. The van der Waals surface area contributed by atoms with E-state index in [1.54, 1.807) is 13.8 Å². The molecule has 0 fully saturated rings. The zero-order valence-electron chi connectivity index (χ0n) is 10.4. The standard InChI is InChI=1S/C12H24O2S/c1-5-10(2)9-15-8-6-7-12(3,4)11(13)14/h10H,5-9H2,1-4H3,(H,13,14). The van der Waals surface area contributed by atoms with Gasteiger partial charge in [0.25, 0.3) is 0 Å². The minimum Gasteiger partial charge on any atom is -0.481 e. The minimum absolute atomic E-state index is 0.559. The highest BCUT2D eigenvalue weighted by molar-refractivity contribution is 7.99. The average Bonchev–Trinajstić information content (AvgIpc) is 2.16. The molecule has 0 rings (SSSR count). The third-order valence-electron chi connectivity index (χ3n) is 2.77. The van der Waals surface area contributed by atoms with E-state index >= 15 is 0 Å². The number of carboxylic acids is 1. The minimum atomic E-state index is -0.686. The molecule has 1 atom stereocenters. The first-order chi connectivity index (χ1) is 6.90. The predicted octanol–water partition coefficient (Wildman–Crippen LogP) is 3.66. The number of hydrogen-bond acceptors (Lipinski definition) is 2. The maximum atomic E-state index is 10.8. The maximum Gasteiger partial charge on any atom is 0.309 e. The second-order valence-electron chi connectivity index (χ2n) is 4.88.